The maximum absolute atomic E-state index is 11.4. The van der Waals surface area contributed by atoms with Gasteiger partial charge in [0.25, 0.3) is 0 Å². The number of phenolic OH excluding ortho intramolecular Hbond substituents is 2. The molecule has 2 aromatic rings. The topological polar surface area (TPSA) is 40.5 Å². The highest BCUT2D eigenvalue weighted by molar-refractivity contribution is 5.52. The van der Waals surface area contributed by atoms with Gasteiger partial charge >= 0.3 is 0 Å². The zero-order chi connectivity index (χ0) is 49.4. The molecular weight excluding hydrogens is 813 g/mol. The summed E-state index contributed by atoms with van der Waals surface area (Å²) in [5.74, 6) is 1.04. The van der Waals surface area contributed by atoms with E-state index < -0.39 is 0 Å². The summed E-state index contributed by atoms with van der Waals surface area (Å²) in [6.07, 6.45) is 52.7. The normalized spacial score (nSPS) is 12.5. The standard InChI is InChI=1S/C65H116O2/c1-12-15-18-21-24-27-30-33-36-39-42-46-65(47-43-40-37-34-31-28-25-22-19-16-13-2,48-44-41-38-35-32-29-26-23-20-17-14-3)49-45-56(57-52-59(63(6,7)8)61(66)50-54(57)4)58-53-60(64(9,10)11)62(67)51-55(58)5/h50-53,56,66-67H,12-49H2,1-11H3. The summed E-state index contributed by atoms with van der Waals surface area (Å²) in [7, 11) is 0. The zero-order valence-corrected chi connectivity index (χ0v) is 47.2. The molecule has 67 heavy (non-hydrogen) atoms. The second-order valence-corrected chi connectivity index (χ2v) is 24.4. The lowest BCUT2D eigenvalue weighted by Crippen LogP contribution is -2.23. The number of rotatable bonds is 41. The lowest BCUT2D eigenvalue weighted by atomic mass is 9.68. The number of phenols is 2. The van der Waals surface area contributed by atoms with Crippen LogP contribution >= 0.6 is 0 Å². The Labute approximate surface area is 419 Å². The summed E-state index contributed by atoms with van der Waals surface area (Å²) >= 11 is 0. The highest BCUT2D eigenvalue weighted by atomic mass is 16.3. The molecule has 0 saturated heterocycles. The van der Waals surface area contributed by atoms with Crippen LogP contribution in [0.15, 0.2) is 24.3 Å². The SMILES string of the molecule is CCCCCCCCCCCCCC(CCCCCCCCCCCCC)(CCCCCCCCCCCCC)CCC(c1cc(C(C)(C)C)c(O)cc1C)c1cc(C(C)(C)C)c(O)cc1C. The number of unbranched alkanes of at least 4 members (excludes halogenated alkanes) is 30. The number of benzene rings is 2. The predicted molar refractivity (Wildman–Crippen MR) is 300 cm³/mol. The minimum absolute atomic E-state index is 0.166. The van der Waals surface area contributed by atoms with Gasteiger partial charge in [0.1, 0.15) is 11.5 Å². The van der Waals surface area contributed by atoms with Crippen LogP contribution in [0, 0.1) is 19.3 Å². The zero-order valence-electron chi connectivity index (χ0n) is 47.2. The molecule has 0 radical (unpaired) electrons. The predicted octanol–water partition coefficient (Wildman–Crippen LogP) is 22.3. The molecule has 388 valence electrons. The number of hydrogen-bond donors (Lipinski definition) is 2. The van der Waals surface area contributed by atoms with Gasteiger partial charge in [-0.05, 0) is 108 Å². The molecule has 0 amide bonds. The average molecular weight is 930 g/mol. The second-order valence-electron chi connectivity index (χ2n) is 24.4. The van der Waals surface area contributed by atoms with Gasteiger partial charge in [0.05, 0.1) is 0 Å². The van der Waals surface area contributed by atoms with Crippen LogP contribution in [0.2, 0.25) is 0 Å². The molecule has 0 saturated carbocycles. The van der Waals surface area contributed by atoms with Crippen molar-refractivity contribution in [2.75, 3.05) is 0 Å². The van der Waals surface area contributed by atoms with Crippen molar-refractivity contribution in [2.24, 2.45) is 5.41 Å². The van der Waals surface area contributed by atoms with Crippen molar-refractivity contribution < 1.29 is 10.2 Å². The van der Waals surface area contributed by atoms with Crippen molar-refractivity contribution >= 4 is 0 Å². The Morgan fingerprint density at radius 1 is 0.343 bits per heavy atom. The van der Waals surface area contributed by atoms with E-state index in [4.69, 9.17) is 0 Å². The fraction of sp³-hybridized carbons (Fsp3) is 0.815. The van der Waals surface area contributed by atoms with Gasteiger partial charge in [-0.25, -0.2) is 0 Å². The lowest BCUT2D eigenvalue weighted by Gasteiger charge is -2.37. The molecule has 0 aliphatic heterocycles. The van der Waals surface area contributed by atoms with Crippen LogP contribution in [0.1, 0.15) is 346 Å². The van der Waals surface area contributed by atoms with E-state index >= 15 is 0 Å². The number of aryl methyl sites for hydroxylation is 2. The third-order valence-electron chi connectivity index (χ3n) is 16.0. The number of hydrogen-bond acceptors (Lipinski definition) is 2. The lowest BCUT2D eigenvalue weighted by molar-refractivity contribution is 0.170. The Kier molecular flexibility index (Phi) is 32.1. The minimum Gasteiger partial charge on any atom is -0.508 e. The first-order chi connectivity index (χ1) is 32.1. The van der Waals surface area contributed by atoms with Gasteiger partial charge in [0.2, 0.25) is 0 Å². The van der Waals surface area contributed by atoms with Crippen molar-refractivity contribution in [3.8, 4) is 11.5 Å². The highest BCUT2D eigenvalue weighted by Gasteiger charge is 2.33. The highest BCUT2D eigenvalue weighted by Crippen LogP contribution is 2.48. The van der Waals surface area contributed by atoms with Crippen LogP contribution in [0.25, 0.3) is 0 Å². The van der Waals surface area contributed by atoms with Gasteiger partial charge in [-0.15, -0.1) is 0 Å². The first-order valence-electron chi connectivity index (χ1n) is 29.8. The quantitative estimate of drug-likeness (QED) is 0.0653. The molecule has 0 fully saturated rings. The summed E-state index contributed by atoms with van der Waals surface area (Å²) in [5, 5.41) is 22.7. The Morgan fingerprint density at radius 2 is 0.582 bits per heavy atom. The molecule has 2 rings (SSSR count). The maximum Gasteiger partial charge on any atom is 0.119 e. The molecule has 2 heteroatoms. The van der Waals surface area contributed by atoms with Crippen LogP contribution in [0.5, 0.6) is 11.5 Å². The fourth-order valence-corrected chi connectivity index (χ4v) is 11.5. The monoisotopic (exact) mass is 929 g/mol. The Morgan fingerprint density at radius 3 is 0.821 bits per heavy atom. The van der Waals surface area contributed by atoms with E-state index in [0.717, 1.165) is 17.5 Å². The first kappa shape index (κ1) is 61.2. The van der Waals surface area contributed by atoms with E-state index in [1.807, 2.05) is 0 Å². The summed E-state index contributed by atoms with van der Waals surface area (Å²) in [6.45, 7) is 24.8. The molecule has 0 heterocycles. The van der Waals surface area contributed by atoms with Gasteiger partial charge in [0, 0.05) is 5.92 Å². The van der Waals surface area contributed by atoms with Crippen LogP contribution in [0.3, 0.4) is 0 Å². The van der Waals surface area contributed by atoms with Crippen LogP contribution in [-0.4, -0.2) is 10.2 Å². The van der Waals surface area contributed by atoms with Crippen molar-refractivity contribution in [3.63, 3.8) is 0 Å². The van der Waals surface area contributed by atoms with E-state index in [9.17, 15) is 10.2 Å². The van der Waals surface area contributed by atoms with Gasteiger partial charge in [-0.1, -0.05) is 286 Å². The molecular formula is C65H116O2. The maximum atomic E-state index is 11.4. The van der Waals surface area contributed by atoms with E-state index in [1.54, 1.807) is 0 Å². The smallest absolute Gasteiger partial charge is 0.119 e. The molecule has 2 aromatic carbocycles. The van der Waals surface area contributed by atoms with Crippen LogP contribution in [0.4, 0.5) is 0 Å². The third kappa shape index (κ3) is 25.6. The molecule has 2 N–H and O–H groups in total. The Balaban J connectivity index is 2.45. The second kappa shape index (κ2) is 35.2. The van der Waals surface area contributed by atoms with Crippen molar-refractivity contribution in [1.82, 2.24) is 0 Å². The summed E-state index contributed by atoms with van der Waals surface area (Å²) < 4.78 is 0. The van der Waals surface area contributed by atoms with E-state index in [2.05, 4.69) is 100 Å². The minimum atomic E-state index is -0.166. The van der Waals surface area contributed by atoms with E-state index in [0.29, 0.717) is 16.9 Å². The van der Waals surface area contributed by atoms with Crippen molar-refractivity contribution in [2.45, 2.75) is 337 Å². The molecule has 0 spiro atoms. The van der Waals surface area contributed by atoms with E-state index in [-0.39, 0.29) is 16.7 Å². The average Bonchev–Trinajstić information content (AvgIpc) is 3.26. The molecule has 0 bridgehead atoms. The molecule has 0 aliphatic carbocycles. The van der Waals surface area contributed by atoms with E-state index in [1.165, 1.54) is 260 Å². The van der Waals surface area contributed by atoms with Gasteiger partial charge in [-0.2, -0.15) is 0 Å². The number of aromatic hydroxyl groups is 2. The summed E-state index contributed by atoms with van der Waals surface area (Å²) in [6, 6.07) is 8.85. The third-order valence-corrected chi connectivity index (χ3v) is 16.0. The van der Waals surface area contributed by atoms with Crippen LogP contribution in [-0.2, 0) is 10.8 Å². The van der Waals surface area contributed by atoms with Gasteiger partial charge < -0.3 is 10.2 Å². The molecule has 0 aromatic heterocycles. The van der Waals surface area contributed by atoms with Crippen LogP contribution < -0.4 is 0 Å². The fourth-order valence-electron chi connectivity index (χ4n) is 11.5. The summed E-state index contributed by atoms with van der Waals surface area (Å²) in [4.78, 5) is 0. The summed E-state index contributed by atoms with van der Waals surface area (Å²) in [5.41, 5.74) is 7.21. The van der Waals surface area contributed by atoms with Gasteiger partial charge in [-0.3, -0.25) is 0 Å². The first-order valence-corrected chi connectivity index (χ1v) is 29.8. The largest absolute Gasteiger partial charge is 0.508 e. The molecule has 2 nitrogen and oxygen atoms in total. The molecule has 0 aliphatic rings. The van der Waals surface area contributed by atoms with Crippen molar-refractivity contribution in [3.05, 3.63) is 57.6 Å². The molecule has 0 atom stereocenters. The molecule has 0 unspecified atom stereocenters. The van der Waals surface area contributed by atoms with Crippen molar-refractivity contribution in [1.29, 1.82) is 0 Å². The van der Waals surface area contributed by atoms with Gasteiger partial charge in [0.15, 0.2) is 0 Å². The Bertz CT molecular complexity index is 1380. The Hall–Kier alpha value is -1.96.